The van der Waals surface area contributed by atoms with E-state index in [1.165, 1.54) is 26.0 Å². The molecule has 2 heterocycles. The minimum absolute atomic E-state index is 0.0419. The predicted molar refractivity (Wildman–Crippen MR) is 92.5 cm³/mol. The number of benzene rings is 1. The van der Waals surface area contributed by atoms with Crippen LogP contribution in [-0.4, -0.2) is 56.7 Å². The third-order valence-corrected chi connectivity index (χ3v) is 8.58. The molecule has 3 rings (SSSR count). The molecule has 1 amide bonds. The molecule has 0 unspecified atom stereocenters. The first-order chi connectivity index (χ1) is 11.5. The Hall–Kier alpha value is -1.30. The summed E-state index contributed by atoms with van der Waals surface area (Å²) < 4.78 is 39.3. The summed E-state index contributed by atoms with van der Waals surface area (Å²) in [6.45, 7) is 2.99. The van der Waals surface area contributed by atoms with E-state index in [0.717, 1.165) is 4.90 Å². The Balaban J connectivity index is 1.89. The molecule has 0 saturated carbocycles. The van der Waals surface area contributed by atoms with E-state index in [9.17, 15) is 27.3 Å². The van der Waals surface area contributed by atoms with E-state index in [4.69, 9.17) is 0 Å². The Kier molecular flexibility index (Phi) is 4.34. The fourth-order valence-electron chi connectivity index (χ4n) is 3.12. The van der Waals surface area contributed by atoms with Crippen molar-refractivity contribution >= 4 is 48.6 Å². The standard InChI is InChI=1S/C14H15BrN2O6S2/c1-14(2)10(13(19)20)17-11(18)9(12(17)24(14)21)16-25(22,23)8-5-3-7(15)4-6-8/h3-6,9-10,12,16H,1-2H3,(H,19,20)/t9-,10+,12-,24-/m1/s1. The highest BCUT2D eigenvalue weighted by atomic mass is 79.9. The fraction of sp³-hybridized carbons (Fsp3) is 0.429. The van der Waals surface area contributed by atoms with Crippen molar-refractivity contribution in [1.82, 2.24) is 9.62 Å². The largest absolute Gasteiger partial charge is 0.480 e. The average molecular weight is 451 g/mol. The molecule has 0 bridgehead atoms. The van der Waals surface area contributed by atoms with Crippen LogP contribution in [0.15, 0.2) is 33.6 Å². The molecule has 2 saturated heterocycles. The maximum Gasteiger partial charge on any atom is 0.328 e. The number of aliphatic carboxylic acids is 1. The third kappa shape index (κ3) is 2.73. The lowest BCUT2D eigenvalue weighted by Gasteiger charge is -2.42. The normalized spacial score (nSPS) is 30.7. The molecule has 0 aliphatic carbocycles. The van der Waals surface area contributed by atoms with Crippen molar-refractivity contribution in [3.05, 3.63) is 28.7 Å². The molecule has 136 valence electrons. The summed E-state index contributed by atoms with van der Waals surface area (Å²) in [5.74, 6) is -1.94. The van der Waals surface area contributed by atoms with Crippen LogP contribution in [0.5, 0.6) is 0 Å². The maximum atomic E-state index is 12.6. The zero-order valence-corrected chi connectivity index (χ0v) is 16.4. The number of amides is 1. The SMILES string of the molecule is CC1(C)[C@H](C(=O)O)N2C(=O)[C@@H](NS(=O)(=O)c3ccc(Br)cc3)[C@H]2[S@]1=O. The van der Waals surface area contributed by atoms with Crippen LogP contribution in [0.1, 0.15) is 13.8 Å². The highest BCUT2D eigenvalue weighted by Gasteiger charge is 2.68. The van der Waals surface area contributed by atoms with Crippen LogP contribution in [0.2, 0.25) is 0 Å². The third-order valence-electron chi connectivity index (χ3n) is 4.39. The van der Waals surface area contributed by atoms with Gasteiger partial charge >= 0.3 is 5.97 Å². The van der Waals surface area contributed by atoms with Crippen molar-refractivity contribution < 1.29 is 27.3 Å². The first-order valence-electron chi connectivity index (χ1n) is 7.22. The van der Waals surface area contributed by atoms with Crippen molar-refractivity contribution in [1.29, 1.82) is 0 Å². The number of carbonyl (C=O) groups is 2. The topological polar surface area (TPSA) is 121 Å². The Bertz CT molecular complexity index is 883. The fourth-order valence-corrected chi connectivity index (χ4v) is 6.58. The van der Waals surface area contributed by atoms with Crippen molar-refractivity contribution in [3.8, 4) is 0 Å². The molecule has 1 aromatic rings. The Morgan fingerprint density at radius 3 is 2.40 bits per heavy atom. The molecule has 0 spiro atoms. The number of nitrogens with zero attached hydrogens (tertiary/aromatic N) is 1. The van der Waals surface area contributed by atoms with Gasteiger partial charge in [0.25, 0.3) is 0 Å². The number of carbonyl (C=O) groups excluding carboxylic acids is 1. The van der Waals surface area contributed by atoms with Gasteiger partial charge in [-0.15, -0.1) is 0 Å². The van der Waals surface area contributed by atoms with Crippen LogP contribution in [0.4, 0.5) is 0 Å². The number of sulfonamides is 1. The van der Waals surface area contributed by atoms with Crippen LogP contribution >= 0.6 is 15.9 Å². The van der Waals surface area contributed by atoms with Crippen LogP contribution in [-0.2, 0) is 30.4 Å². The number of β-lactam (4-membered cyclic amide) rings is 1. The molecule has 2 aliphatic heterocycles. The van der Waals surface area contributed by atoms with Crippen molar-refractivity contribution in [2.45, 2.75) is 40.9 Å². The molecule has 8 nitrogen and oxygen atoms in total. The second-order valence-electron chi connectivity index (χ2n) is 6.33. The number of carboxylic acids is 1. The van der Waals surface area contributed by atoms with E-state index >= 15 is 0 Å². The Morgan fingerprint density at radius 1 is 1.32 bits per heavy atom. The zero-order chi connectivity index (χ0) is 18.7. The summed E-state index contributed by atoms with van der Waals surface area (Å²) in [6, 6.07) is 3.32. The van der Waals surface area contributed by atoms with E-state index in [2.05, 4.69) is 20.7 Å². The van der Waals surface area contributed by atoms with E-state index < -0.39 is 54.9 Å². The van der Waals surface area contributed by atoms with Crippen molar-refractivity contribution in [2.75, 3.05) is 0 Å². The molecule has 1 aromatic carbocycles. The van der Waals surface area contributed by atoms with E-state index in [1.807, 2.05) is 0 Å². The van der Waals surface area contributed by atoms with Crippen molar-refractivity contribution in [3.63, 3.8) is 0 Å². The number of halogens is 1. The first-order valence-corrected chi connectivity index (χ1v) is 10.7. The van der Waals surface area contributed by atoms with Crippen LogP contribution in [0, 0.1) is 0 Å². The highest BCUT2D eigenvalue weighted by molar-refractivity contribution is 9.10. The number of hydrogen-bond acceptors (Lipinski definition) is 5. The van der Waals surface area contributed by atoms with E-state index in [1.54, 1.807) is 12.1 Å². The molecule has 2 fully saturated rings. The number of rotatable bonds is 4. The molecule has 0 radical (unpaired) electrons. The van der Waals surface area contributed by atoms with E-state index in [-0.39, 0.29) is 4.90 Å². The van der Waals surface area contributed by atoms with Gasteiger partial charge in [-0.2, -0.15) is 4.72 Å². The van der Waals surface area contributed by atoms with Crippen LogP contribution < -0.4 is 4.72 Å². The predicted octanol–water partition coefficient (Wildman–Crippen LogP) is 0.258. The average Bonchev–Trinajstić information content (AvgIpc) is 2.70. The summed E-state index contributed by atoms with van der Waals surface area (Å²) in [5.41, 5.74) is 0. The summed E-state index contributed by atoms with van der Waals surface area (Å²) in [6.07, 6.45) is 0. The molecule has 2 N–H and O–H groups in total. The second kappa shape index (κ2) is 5.86. The molecule has 11 heteroatoms. The van der Waals surface area contributed by atoms with Gasteiger partial charge in [-0.3, -0.25) is 9.00 Å². The van der Waals surface area contributed by atoms with Gasteiger partial charge in [0, 0.05) is 4.47 Å². The number of carboxylic acid groups (broad SMARTS) is 1. The van der Waals surface area contributed by atoms with Gasteiger partial charge < -0.3 is 10.0 Å². The molecule has 25 heavy (non-hydrogen) atoms. The van der Waals surface area contributed by atoms with Gasteiger partial charge in [0.15, 0.2) is 0 Å². The highest BCUT2D eigenvalue weighted by Crippen LogP contribution is 2.43. The lowest BCUT2D eigenvalue weighted by Crippen LogP contribution is -2.71. The minimum atomic E-state index is -4.01. The van der Waals surface area contributed by atoms with Gasteiger partial charge in [0.05, 0.1) is 20.4 Å². The van der Waals surface area contributed by atoms with Gasteiger partial charge in [-0.1, -0.05) is 15.9 Å². The summed E-state index contributed by atoms with van der Waals surface area (Å²) in [5, 5.41) is 8.37. The van der Waals surface area contributed by atoms with Gasteiger partial charge in [0.2, 0.25) is 15.9 Å². The molecular formula is C14H15BrN2O6S2. The summed E-state index contributed by atoms with van der Waals surface area (Å²) in [4.78, 5) is 24.8. The lowest BCUT2D eigenvalue weighted by molar-refractivity contribution is -0.159. The maximum absolute atomic E-state index is 12.6. The number of hydrogen-bond donors (Lipinski definition) is 2. The Labute approximate surface area is 155 Å². The first kappa shape index (κ1) is 18.5. The monoisotopic (exact) mass is 450 g/mol. The van der Waals surface area contributed by atoms with Crippen molar-refractivity contribution in [2.24, 2.45) is 0 Å². The molecular weight excluding hydrogens is 436 g/mol. The van der Waals surface area contributed by atoms with Crippen LogP contribution in [0.25, 0.3) is 0 Å². The second-order valence-corrected chi connectivity index (χ2v) is 11.1. The molecule has 2 aliphatic rings. The van der Waals surface area contributed by atoms with Gasteiger partial charge in [0.1, 0.15) is 17.5 Å². The molecule has 4 atom stereocenters. The minimum Gasteiger partial charge on any atom is -0.480 e. The quantitative estimate of drug-likeness (QED) is 0.634. The smallest absolute Gasteiger partial charge is 0.328 e. The zero-order valence-electron chi connectivity index (χ0n) is 13.2. The summed E-state index contributed by atoms with van der Waals surface area (Å²) in [7, 11) is -5.73. The number of fused-ring (bicyclic) bond motifs is 1. The Morgan fingerprint density at radius 2 is 1.88 bits per heavy atom. The van der Waals surface area contributed by atoms with Gasteiger partial charge in [-0.25, -0.2) is 13.2 Å². The lowest BCUT2D eigenvalue weighted by atomic mass is 9.96. The summed E-state index contributed by atoms with van der Waals surface area (Å²) >= 11 is 3.20. The van der Waals surface area contributed by atoms with E-state index in [0.29, 0.717) is 4.47 Å². The number of nitrogens with one attached hydrogen (secondary N) is 1. The van der Waals surface area contributed by atoms with Gasteiger partial charge in [-0.05, 0) is 38.1 Å². The molecule has 0 aromatic heterocycles. The van der Waals surface area contributed by atoms with Crippen LogP contribution in [0.3, 0.4) is 0 Å².